The lowest BCUT2D eigenvalue weighted by molar-refractivity contribution is 0.878. The van der Waals surface area contributed by atoms with Crippen LogP contribution in [0.1, 0.15) is 37.5 Å². The highest BCUT2D eigenvalue weighted by Crippen LogP contribution is 2.11. The molecule has 19 heavy (non-hydrogen) atoms. The smallest absolute Gasteiger partial charge is 0.130 e. The summed E-state index contributed by atoms with van der Waals surface area (Å²) in [5.74, 6) is 1.80. The van der Waals surface area contributed by atoms with E-state index in [0.29, 0.717) is 0 Å². The lowest BCUT2D eigenvalue weighted by Gasteiger charge is -2.08. The van der Waals surface area contributed by atoms with Crippen molar-refractivity contribution >= 4 is 5.82 Å². The van der Waals surface area contributed by atoms with Crippen LogP contribution in [-0.4, -0.2) is 21.5 Å². The summed E-state index contributed by atoms with van der Waals surface area (Å²) in [5, 5.41) is 3.32. The largest absolute Gasteiger partial charge is 0.370 e. The summed E-state index contributed by atoms with van der Waals surface area (Å²) >= 11 is 0. The Bertz CT molecular complexity index is 511. The van der Waals surface area contributed by atoms with Gasteiger partial charge >= 0.3 is 0 Å². The van der Waals surface area contributed by atoms with Crippen molar-refractivity contribution in [3.05, 3.63) is 47.7 Å². The van der Waals surface area contributed by atoms with Gasteiger partial charge in [0.15, 0.2) is 0 Å². The average molecular weight is 256 g/mol. The van der Waals surface area contributed by atoms with Crippen LogP contribution in [0.15, 0.2) is 30.5 Å². The molecule has 0 radical (unpaired) electrons. The molecule has 2 aromatic rings. The summed E-state index contributed by atoms with van der Waals surface area (Å²) < 4.78 is 0. The van der Waals surface area contributed by atoms with Crippen LogP contribution >= 0.6 is 0 Å². The minimum Gasteiger partial charge on any atom is -0.370 e. The average Bonchev–Trinajstić information content (AvgIpc) is 2.46. The van der Waals surface area contributed by atoms with E-state index in [1.807, 2.05) is 30.5 Å². The number of pyridine rings is 1. The summed E-state index contributed by atoms with van der Waals surface area (Å²) in [5.41, 5.74) is 2.05. The zero-order chi connectivity index (χ0) is 13.5. The fourth-order valence-corrected chi connectivity index (χ4v) is 1.83. The van der Waals surface area contributed by atoms with Crippen LogP contribution in [0.3, 0.4) is 0 Å². The van der Waals surface area contributed by atoms with E-state index in [-0.39, 0.29) is 0 Å². The third-order valence-corrected chi connectivity index (χ3v) is 2.79. The van der Waals surface area contributed by atoms with Gasteiger partial charge in [0.2, 0.25) is 0 Å². The lowest BCUT2D eigenvalue weighted by Crippen LogP contribution is -2.07. The molecule has 0 fully saturated rings. The van der Waals surface area contributed by atoms with E-state index in [1.54, 1.807) is 0 Å². The molecule has 2 heterocycles. The lowest BCUT2D eigenvalue weighted by atomic mass is 10.2. The van der Waals surface area contributed by atoms with Crippen molar-refractivity contribution in [2.24, 2.45) is 0 Å². The van der Waals surface area contributed by atoms with E-state index in [4.69, 9.17) is 0 Å². The Morgan fingerprint density at radius 3 is 2.68 bits per heavy atom. The Balaban J connectivity index is 2.19. The van der Waals surface area contributed by atoms with E-state index in [0.717, 1.165) is 48.8 Å². The third-order valence-electron chi connectivity index (χ3n) is 2.79. The van der Waals surface area contributed by atoms with Gasteiger partial charge in [-0.25, -0.2) is 9.97 Å². The van der Waals surface area contributed by atoms with Gasteiger partial charge in [-0.15, -0.1) is 0 Å². The molecule has 2 rings (SSSR count). The van der Waals surface area contributed by atoms with Crippen LogP contribution in [0.25, 0.3) is 0 Å². The van der Waals surface area contributed by atoms with Crippen molar-refractivity contribution in [3.8, 4) is 0 Å². The molecule has 0 saturated carbocycles. The van der Waals surface area contributed by atoms with Crippen molar-refractivity contribution in [3.63, 3.8) is 0 Å². The Morgan fingerprint density at radius 2 is 2.00 bits per heavy atom. The number of anilines is 1. The maximum absolute atomic E-state index is 4.56. The molecule has 0 aliphatic carbocycles. The molecule has 0 unspecified atom stereocenters. The molecule has 100 valence electrons. The predicted molar refractivity (Wildman–Crippen MR) is 77.2 cm³/mol. The van der Waals surface area contributed by atoms with E-state index < -0.39 is 0 Å². The summed E-state index contributed by atoms with van der Waals surface area (Å²) in [7, 11) is 0. The van der Waals surface area contributed by atoms with Crippen molar-refractivity contribution in [1.29, 1.82) is 0 Å². The van der Waals surface area contributed by atoms with E-state index in [1.165, 1.54) is 0 Å². The molecular formula is C15H20N4. The molecule has 2 aromatic heterocycles. The Labute approximate surface area is 114 Å². The van der Waals surface area contributed by atoms with Gasteiger partial charge < -0.3 is 5.32 Å². The quantitative estimate of drug-likeness (QED) is 0.863. The monoisotopic (exact) mass is 256 g/mol. The molecule has 0 aliphatic heterocycles. The van der Waals surface area contributed by atoms with Gasteiger partial charge in [-0.05, 0) is 18.6 Å². The molecule has 0 amide bonds. The van der Waals surface area contributed by atoms with E-state index in [9.17, 15) is 0 Å². The zero-order valence-electron chi connectivity index (χ0n) is 11.6. The van der Waals surface area contributed by atoms with Gasteiger partial charge in [-0.1, -0.05) is 19.9 Å². The van der Waals surface area contributed by atoms with Crippen LogP contribution in [0.2, 0.25) is 0 Å². The molecule has 0 atom stereocenters. The van der Waals surface area contributed by atoms with Crippen LogP contribution < -0.4 is 5.32 Å². The zero-order valence-corrected chi connectivity index (χ0v) is 11.6. The predicted octanol–water partition coefficient (Wildman–Crippen LogP) is 2.85. The van der Waals surface area contributed by atoms with Crippen molar-refractivity contribution < 1.29 is 0 Å². The number of nitrogens with one attached hydrogen (secondary N) is 1. The molecule has 4 heteroatoms. The maximum Gasteiger partial charge on any atom is 0.130 e. The first kappa shape index (κ1) is 13.5. The van der Waals surface area contributed by atoms with E-state index in [2.05, 4.69) is 34.1 Å². The molecular weight excluding hydrogens is 236 g/mol. The number of aryl methyl sites for hydroxylation is 1. The first-order valence-corrected chi connectivity index (χ1v) is 6.82. The first-order valence-electron chi connectivity index (χ1n) is 6.82. The highest BCUT2D eigenvalue weighted by atomic mass is 15.0. The second-order valence-electron chi connectivity index (χ2n) is 4.44. The summed E-state index contributed by atoms with van der Waals surface area (Å²) in [6.07, 6.45) is 4.49. The fourth-order valence-electron chi connectivity index (χ4n) is 1.83. The number of nitrogens with zero attached hydrogens (tertiary/aromatic N) is 3. The second-order valence-corrected chi connectivity index (χ2v) is 4.44. The topological polar surface area (TPSA) is 50.7 Å². The van der Waals surface area contributed by atoms with Crippen molar-refractivity contribution in [2.45, 2.75) is 33.1 Å². The van der Waals surface area contributed by atoms with Crippen LogP contribution in [0.4, 0.5) is 5.82 Å². The van der Waals surface area contributed by atoms with Crippen molar-refractivity contribution in [1.82, 2.24) is 15.0 Å². The molecule has 4 nitrogen and oxygen atoms in total. The molecule has 0 saturated heterocycles. The highest BCUT2D eigenvalue weighted by Gasteiger charge is 2.05. The number of aromatic nitrogens is 3. The number of hydrogen-bond acceptors (Lipinski definition) is 4. The van der Waals surface area contributed by atoms with Gasteiger partial charge in [0, 0.05) is 37.3 Å². The normalized spacial score (nSPS) is 10.4. The first-order chi connectivity index (χ1) is 9.31. The standard InChI is InChI=1S/C15H20N4/c1-3-8-17-15-11-13(18-14(4-2)19-15)10-12-7-5-6-9-16-12/h5-7,9,11H,3-4,8,10H2,1-2H3,(H,17,18,19). The fraction of sp³-hybridized carbons (Fsp3) is 0.400. The van der Waals surface area contributed by atoms with Gasteiger partial charge in [0.1, 0.15) is 11.6 Å². The minimum absolute atomic E-state index is 0.747. The number of rotatable bonds is 6. The van der Waals surface area contributed by atoms with E-state index >= 15 is 0 Å². The Kier molecular flexibility index (Phi) is 4.84. The SMILES string of the molecule is CCCNc1cc(Cc2ccccn2)nc(CC)n1. The summed E-state index contributed by atoms with van der Waals surface area (Å²) in [6.45, 7) is 5.15. The molecule has 0 aromatic carbocycles. The van der Waals surface area contributed by atoms with Gasteiger partial charge in [0.25, 0.3) is 0 Å². The summed E-state index contributed by atoms with van der Waals surface area (Å²) in [4.78, 5) is 13.4. The molecule has 0 aliphatic rings. The highest BCUT2D eigenvalue weighted by molar-refractivity contribution is 5.37. The number of hydrogen-bond donors (Lipinski definition) is 1. The van der Waals surface area contributed by atoms with Gasteiger partial charge in [0.05, 0.1) is 5.69 Å². The molecule has 0 bridgehead atoms. The molecule has 0 spiro atoms. The van der Waals surface area contributed by atoms with Crippen LogP contribution in [-0.2, 0) is 12.8 Å². The summed E-state index contributed by atoms with van der Waals surface area (Å²) in [6, 6.07) is 7.96. The minimum atomic E-state index is 0.747. The molecule has 1 N–H and O–H groups in total. The maximum atomic E-state index is 4.56. The Morgan fingerprint density at radius 1 is 1.11 bits per heavy atom. The van der Waals surface area contributed by atoms with Gasteiger partial charge in [-0.3, -0.25) is 4.98 Å². The van der Waals surface area contributed by atoms with Crippen LogP contribution in [0.5, 0.6) is 0 Å². The second kappa shape index (κ2) is 6.83. The van der Waals surface area contributed by atoms with Crippen molar-refractivity contribution in [2.75, 3.05) is 11.9 Å². The van der Waals surface area contributed by atoms with Crippen LogP contribution in [0, 0.1) is 0 Å². The third kappa shape index (κ3) is 4.02. The van der Waals surface area contributed by atoms with Gasteiger partial charge in [-0.2, -0.15) is 0 Å². The Hall–Kier alpha value is -1.97.